The number of hydrogen-bond acceptors (Lipinski definition) is 7. The summed E-state index contributed by atoms with van der Waals surface area (Å²) >= 11 is 0.819. The summed E-state index contributed by atoms with van der Waals surface area (Å²) in [6.07, 6.45) is 4.77. The van der Waals surface area contributed by atoms with E-state index in [0.29, 0.717) is 5.56 Å². The molecule has 3 rings (SSSR count). The summed E-state index contributed by atoms with van der Waals surface area (Å²) in [5, 5.41) is 2.18. The summed E-state index contributed by atoms with van der Waals surface area (Å²) in [5.41, 5.74) is 0.696. The van der Waals surface area contributed by atoms with Crippen LogP contribution in [0.2, 0.25) is 0 Å². The van der Waals surface area contributed by atoms with Gasteiger partial charge in [0, 0.05) is 25.5 Å². The SMILES string of the molecule is CC(C)[C@@H](NS(=O)(=O)c1ccccc1)C(=O)NCCN1C(=O)S/C(=C\c2cccnc2)C1=O. The Hall–Kier alpha value is -3.02. The van der Waals surface area contributed by atoms with E-state index >= 15 is 0 Å². The number of rotatable bonds is 9. The Morgan fingerprint density at radius 3 is 2.52 bits per heavy atom. The first-order valence-electron chi connectivity index (χ1n) is 10.2. The number of carbonyl (C=O) groups excluding carboxylic acids is 3. The quantitative estimate of drug-likeness (QED) is 0.519. The van der Waals surface area contributed by atoms with Gasteiger partial charge in [-0.2, -0.15) is 4.72 Å². The molecule has 9 nitrogen and oxygen atoms in total. The van der Waals surface area contributed by atoms with Gasteiger partial charge in [-0.25, -0.2) is 8.42 Å². The van der Waals surface area contributed by atoms with Crippen molar-refractivity contribution >= 4 is 44.9 Å². The van der Waals surface area contributed by atoms with E-state index in [4.69, 9.17) is 0 Å². The van der Waals surface area contributed by atoms with Gasteiger partial charge >= 0.3 is 0 Å². The fourth-order valence-electron chi connectivity index (χ4n) is 3.03. The van der Waals surface area contributed by atoms with Gasteiger partial charge in [-0.15, -0.1) is 0 Å². The molecule has 2 heterocycles. The molecule has 0 radical (unpaired) electrons. The van der Waals surface area contributed by atoms with Gasteiger partial charge in [-0.1, -0.05) is 38.1 Å². The average Bonchev–Trinajstić information content (AvgIpc) is 3.05. The molecule has 1 aliphatic heterocycles. The molecule has 1 aliphatic rings. The predicted octanol–water partition coefficient (Wildman–Crippen LogP) is 2.24. The molecule has 2 N–H and O–H groups in total. The highest BCUT2D eigenvalue weighted by Crippen LogP contribution is 2.31. The number of carbonyl (C=O) groups is 3. The van der Waals surface area contributed by atoms with Gasteiger partial charge in [0.2, 0.25) is 15.9 Å². The van der Waals surface area contributed by atoms with Crippen LogP contribution in [0.15, 0.2) is 64.7 Å². The van der Waals surface area contributed by atoms with Gasteiger partial charge in [0.05, 0.1) is 9.80 Å². The number of nitrogens with zero attached hydrogens (tertiary/aromatic N) is 2. The summed E-state index contributed by atoms with van der Waals surface area (Å²) in [4.78, 5) is 42.9. The fraction of sp³-hybridized carbons (Fsp3) is 0.273. The van der Waals surface area contributed by atoms with E-state index in [-0.39, 0.29) is 28.8 Å². The van der Waals surface area contributed by atoms with Crippen LogP contribution in [-0.2, 0) is 19.6 Å². The summed E-state index contributed by atoms with van der Waals surface area (Å²) < 4.78 is 27.6. The Balaban J connectivity index is 1.59. The van der Waals surface area contributed by atoms with E-state index in [0.717, 1.165) is 16.7 Å². The monoisotopic (exact) mass is 488 g/mol. The molecule has 0 aliphatic carbocycles. The molecule has 174 valence electrons. The van der Waals surface area contributed by atoms with Gasteiger partial charge in [0.15, 0.2) is 0 Å². The lowest BCUT2D eigenvalue weighted by molar-refractivity contribution is -0.125. The van der Waals surface area contributed by atoms with Crippen molar-refractivity contribution in [2.24, 2.45) is 5.92 Å². The molecule has 0 saturated carbocycles. The first-order valence-corrected chi connectivity index (χ1v) is 12.5. The minimum atomic E-state index is -3.89. The number of amides is 3. The van der Waals surface area contributed by atoms with E-state index in [1.165, 1.54) is 12.1 Å². The Bertz CT molecular complexity index is 1150. The molecule has 2 aromatic rings. The minimum Gasteiger partial charge on any atom is -0.353 e. The van der Waals surface area contributed by atoms with Gasteiger partial charge in [-0.3, -0.25) is 24.3 Å². The second kappa shape index (κ2) is 10.7. The van der Waals surface area contributed by atoms with E-state index < -0.39 is 33.1 Å². The molecule has 33 heavy (non-hydrogen) atoms. The fourth-order valence-corrected chi connectivity index (χ4v) is 5.26. The van der Waals surface area contributed by atoms with Crippen molar-refractivity contribution in [1.29, 1.82) is 0 Å². The molecule has 0 unspecified atom stereocenters. The van der Waals surface area contributed by atoms with Crippen LogP contribution in [0.3, 0.4) is 0 Å². The van der Waals surface area contributed by atoms with E-state index in [1.54, 1.807) is 62.6 Å². The van der Waals surface area contributed by atoms with E-state index in [1.807, 2.05) is 0 Å². The number of pyridine rings is 1. The maximum Gasteiger partial charge on any atom is 0.293 e. The Morgan fingerprint density at radius 1 is 1.15 bits per heavy atom. The van der Waals surface area contributed by atoms with Crippen molar-refractivity contribution in [2.75, 3.05) is 13.1 Å². The summed E-state index contributed by atoms with van der Waals surface area (Å²) in [5.74, 6) is -1.32. The molecule has 11 heteroatoms. The maximum atomic E-state index is 12.7. The maximum absolute atomic E-state index is 12.7. The lowest BCUT2D eigenvalue weighted by Crippen LogP contribution is -2.50. The summed E-state index contributed by atoms with van der Waals surface area (Å²) in [6, 6.07) is 10.2. The number of nitrogens with one attached hydrogen (secondary N) is 2. The Morgan fingerprint density at radius 2 is 1.88 bits per heavy atom. The molecule has 0 spiro atoms. The standard InChI is InChI=1S/C22H24N4O5S2/c1-15(2)19(25-33(30,31)17-8-4-3-5-9-17)20(27)24-11-12-26-21(28)18(32-22(26)29)13-16-7-6-10-23-14-16/h3-10,13-15,19,25H,11-12H2,1-2H3,(H,24,27)/b18-13-/t19-/m1/s1. The van der Waals surface area contributed by atoms with Crippen LogP contribution in [-0.4, -0.2) is 54.5 Å². The molecule has 1 aromatic heterocycles. The third kappa shape index (κ3) is 6.28. The highest BCUT2D eigenvalue weighted by molar-refractivity contribution is 8.18. The van der Waals surface area contributed by atoms with Crippen molar-refractivity contribution in [3.63, 3.8) is 0 Å². The number of benzene rings is 1. The number of sulfonamides is 1. The van der Waals surface area contributed by atoms with Crippen LogP contribution in [0.4, 0.5) is 4.79 Å². The molecule has 1 atom stereocenters. The number of imide groups is 1. The number of aromatic nitrogens is 1. The average molecular weight is 489 g/mol. The summed E-state index contributed by atoms with van der Waals surface area (Å²) in [6.45, 7) is 3.40. The molecule has 1 fully saturated rings. The first kappa shape index (κ1) is 24.6. The largest absolute Gasteiger partial charge is 0.353 e. The lowest BCUT2D eigenvalue weighted by atomic mass is 10.1. The molecule has 1 saturated heterocycles. The van der Waals surface area contributed by atoms with Crippen molar-refractivity contribution < 1.29 is 22.8 Å². The molecule has 3 amide bonds. The molecule has 0 bridgehead atoms. The molecule has 1 aromatic carbocycles. The third-order valence-corrected chi connectivity index (χ3v) is 7.14. The van der Waals surface area contributed by atoms with Crippen LogP contribution in [0, 0.1) is 5.92 Å². The normalized spacial score (nSPS) is 16.5. The number of hydrogen-bond donors (Lipinski definition) is 2. The van der Waals surface area contributed by atoms with Crippen molar-refractivity contribution in [1.82, 2.24) is 19.9 Å². The van der Waals surface area contributed by atoms with Gasteiger partial charge < -0.3 is 5.32 Å². The highest BCUT2D eigenvalue weighted by atomic mass is 32.2. The van der Waals surface area contributed by atoms with Crippen molar-refractivity contribution in [3.05, 3.63) is 65.3 Å². The van der Waals surface area contributed by atoms with Crippen LogP contribution in [0.5, 0.6) is 0 Å². The van der Waals surface area contributed by atoms with Crippen molar-refractivity contribution in [3.8, 4) is 0 Å². The Kier molecular flexibility index (Phi) is 8.01. The highest BCUT2D eigenvalue weighted by Gasteiger charge is 2.35. The van der Waals surface area contributed by atoms with Gasteiger partial charge in [-0.05, 0) is 47.5 Å². The smallest absolute Gasteiger partial charge is 0.293 e. The topological polar surface area (TPSA) is 126 Å². The van der Waals surface area contributed by atoms with Gasteiger partial charge in [0.1, 0.15) is 6.04 Å². The second-order valence-corrected chi connectivity index (χ2v) is 10.3. The summed E-state index contributed by atoms with van der Waals surface area (Å²) in [7, 11) is -3.89. The van der Waals surface area contributed by atoms with E-state index in [9.17, 15) is 22.8 Å². The number of thioether (sulfide) groups is 1. The predicted molar refractivity (Wildman–Crippen MR) is 125 cm³/mol. The van der Waals surface area contributed by atoms with Crippen LogP contribution >= 0.6 is 11.8 Å². The Labute approximate surface area is 196 Å². The zero-order valence-corrected chi connectivity index (χ0v) is 19.7. The van der Waals surface area contributed by atoms with E-state index in [2.05, 4.69) is 15.0 Å². The lowest BCUT2D eigenvalue weighted by Gasteiger charge is -2.22. The first-order chi connectivity index (χ1) is 15.7. The second-order valence-electron chi connectivity index (χ2n) is 7.57. The molecular formula is C22H24N4O5S2. The minimum absolute atomic E-state index is 0.00662. The van der Waals surface area contributed by atoms with Crippen LogP contribution < -0.4 is 10.0 Å². The third-order valence-electron chi connectivity index (χ3n) is 4.78. The molecular weight excluding hydrogens is 464 g/mol. The zero-order valence-electron chi connectivity index (χ0n) is 18.1. The van der Waals surface area contributed by atoms with Crippen LogP contribution in [0.25, 0.3) is 6.08 Å². The van der Waals surface area contributed by atoms with Crippen molar-refractivity contribution in [2.45, 2.75) is 24.8 Å². The zero-order chi connectivity index (χ0) is 24.0. The van der Waals surface area contributed by atoms with Crippen LogP contribution in [0.1, 0.15) is 19.4 Å². The van der Waals surface area contributed by atoms with Gasteiger partial charge in [0.25, 0.3) is 11.1 Å².